The summed E-state index contributed by atoms with van der Waals surface area (Å²) >= 11 is 1.18. The zero-order chi connectivity index (χ0) is 20.8. The number of nitrogens with zero attached hydrogens (tertiary/aromatic N) is 3. The van der Waals surface area contributed by atoms with Crippen LogP contribution in [0.4, 0.5) is 10.1 Å². The number of thioether (sulfide) groups is 1. The van der Waals surface area contributed by atoms with Crippen LogP contribution in [0.5, 0.6) is 0 Å². The minimum absolute atomic E-state index is 0.0595. The van der Waals surface area contributed by atoms with Crippen molar-refractivity contribution in [1.82, 2.24) is 9.88 Å². The summed E-state index contributed by atoms with van der Waals surface area (Å²) in [5.41, 5.74) is 3.56. The smallest absolute Gasteiger partial charge is 0.243 e. The topological polar surface area (TPSA) is 86.1 Å². The van der Waals surface area contributed by atoms with Gasteiger partial charge in [-0.1, -0.05) is 11.8 Å². The van der Waals surface area contributed by atoms with E-state index in [2.05, 4.69) is 16.4 Å². The monoisotopic (exact) mass is 400 g/mol. The fourth-order valence-corrected chi connectivity index (χ4v) is 3.45. The molecule has 1 aromatic carbocycles. The Morgan fingerprint density at radius 3 is 2.46 bits per heavy atom. The van der Waals surface area contributed by atoms with Crippen LogP contribution >= 0.6 is 11.8 Å². The highest BCUT2D eigenvalue weighted by Gasteiger charge is 2.17. The summed E-state index contributed by atoms with van der Waals surface area (Å²) in [5.74, 6) is -0.982. The van der Waals surface area contributed by atoms with Crippen molar-refractivity contribution >= 4 is 29.3 Å². The molecule has 146 valence electrons. The van der Waals surface area contributed by atoms with Gasteiger partial charge in [0.25, 0.3) is 0 Å². The molecule has 0 fully saturated rings. The maximum atomic E-state index is 12.9. The molecule has 1 heterocycles. The molecule has 28 heavy (non-hydrogen) atoms. The van der Waals surface area contributed by atoms with Gasteiger partial charge < -0.3 is 10.2 Å². The van der Waals surface area contributed by atoms with Gasteiger partial charge in [-0.25, -0.2) is 9.37 Å². The lowest BCUT2D eigenvalue weighted by Gasteiger charge is -2.17. The molecule has 8 heteroatoms. The third-order valence-electron chi connectivity index (χ3n) is 4.34. The highest BCUT2D eigenvalue weighted by Crippen LogP contribution is 2.26. The number of carbonyl (C=O) groups is 2. The van der Waals surface area contributed by atoms with Gasteiger partial charge in [-0.05, 0) is 56.2 Å². The van der Waals surface area contributed by atoms with Crippen molar-refractivity contribution in [3.05, 3.63) is 52.5 Å². The zero-order valence-corrected chi connectivity index (χ0v) is 17.0. The largest absolute Gasteiger partial charge is 0.336 e. The lowest BCUT2D eigenvalue weighted by Crippen LogP contribution is -2.36. The number of nitriles is 1. The molecule has 0 aliphatic carbocycles. The third-order valence-corrected chi connectivity index (χ3v) is 5.30. The number of amides is 2. The summed E-state index contributed by atoms with van der Waals surface area (Å²) in [4.78, 5) is 30.1. The van der Waals surface area contributed by atoms with Crippen molar-refractivity contribution < 1.29 is 14.0 Å². The first kappa shape index (κ1) is 21.4. The number of aromatic nitrogens is 1. The van der Waals surface area contributed by atoms with Gasteiger partial charge in [0.15, 0.2) is 0 Å². The second kappa shape index (κ2) is 9.33. The summed E-state index contributed by atoms with van der Waals surface area (Å²) in [6.45, 7) is 5.49. The Kier molecular flexibility index (Phi) is 7.12. The molecule has 2 amide bonds. The number of halogens is 1. The normalized spacial score (nSPS) is 10.3. The van der Waals surface area contributed by atoms with E-state index in [9.17, 15) is 19.2 Å². The van der Waals surface area contributed by atoms with Gasteiger partial charge in [0.2, 0.25) is 11.8 Å². The SMILES string of the molecule is Cc1nc(SCC(=O)N(C)CC(=O)Nc2ccc(F)cc2)c(C#N)c(C)c1C. The molecule has 0 unspecified atom stereocenters. The molecule has 0 bridgehead atoms. The van der Waals surface area contributed by atoms with Crippen LogP contribution in [0.1, 0.15) is 22.4 Å². The molecule has 0 radical (unpaired) electrons. The van der Waals surface area contributed by atoms with Crippen molar-refractivity contribution in [2.75, 3.05) is 24.7 Å². The molecular formula is C20H21FN4O2S. The van der Waals surface area contributed by atoms with E-state index in [0.29, 0.717) is 16.3 Å². The van der Waals surface area contributed by atoms with E-state index in [1.54, 1.807) is 0 Å². The maximum Gasteiger partial charge on any atom is 0.243 e. The van der Waals surface area contributed by atoms with E-state index >= 15 is 0 Å². The van der Waals surface area contributed by atoms with Crippen LogP contribution in [-0.2, 0) is 9.59 Å². The molecule has 1 N–H and O–H groups in total. The number of benzene rings is 1. The van der Waals surface area contributed by atoms with Crippen LogP contribution < -0.4 is 5.32 Å². The second-order valence-electron chi connectivity index (χ2n) is 6.33. The zero-order valence-electron chi connectivity index (χ0n) is 16.2. The van der Waals surface area contributed by atoms with Crippen molar-refractivity contribution in [3.63, 3.8) is 0 Å². The van der Waals surface area contributed by atoms with Crippen molar-refractivity contribution in [1.29, 1.82) is 5.26 Å². The number of carbonyl (C=O) groups excluding carboxylic acids is 2. The van der Waals surface area contributed by atoms with Crippen LogP contribution in [0.25, 0.3) is 0 Å². The predicted octanol–water partition coefficient (Wildman–Crippen LogP) is 3.21. The minimum Gasteiger partial charge on any atom is -0.336 e. The van der Waals surface area contributed by atoms with Crippen LogP contribution in [0, 0.1) is 37.9 Å². The Bertz CT molecular complexity index is 939. The molecule has 6 nitrogen and oxygen atoms in total. The second-order valence-corrected chi connectivity index (χ2v) is 7.30. The van der Waals surface area contributed by atoms with E-state index < -0.39 is 5.82 Å². The Balaban J connectivity index is 1.95. The van der Waals surface area contributed by atoms with Crippen LogP contribution in [0.15, 0.2) is 29.3 Å². The van der Waals surface area contributed by atoms with Crippen LogP contribution in [-0.4, -0.2) is 41.0 Å². The number of pyridine rings is 1. The highest BCUT2D eigenvalue weighted by molar-refractivity contribution is 8.00. The minimum atomic E-state index is -0.394. The fourth-order valence-electron chi connectivity index (χ4n) is 2.43. The number of anilines is 1. The van der Waals surface area contributed by atoms with E-state index in [1.807, 2.05) is 20.8 Å². The first-order valence-electron chi connectivity index (χ1n) is 8.53. The molecule has 0 atom stereocenters. The molecule has 1 aromatic heterocycles. The maximum absolute atomic E-state index is 12.9. The average Bonchev–Trinajstić information content (AvgIpc) is 2.66. The standard InChI is InChI=1S/C20H21FN4O2S/c1-12-13(2)17(9-22)20(23-14(12)3)28-11-19(27)25(4)10-18(26)24-16-7-5-15(21)6-8-16/h5-8H,10-11H2,1-4H3,(H,24,26). The molecule has 0 saturated carbocycles. The Labute approximate surface area is 167 Å². The lowest BCUT2D eigenvalue weighted by molar-refractivity contribution is -0.131. The van der Waals surface area contributed by atoms with Gasteiger partial charge in [0.1, 0.15) is 16.9 Å². The fraction of sp³-hybridized carbons (Fsp3) is 0.300. The van der Waals surface area contributed by atoms with E-state index in [1.165, 1.54) is 48.0 Å². The van der Waals surface area contributed by atoms with Gasteiger partial charge in [-0.15, -0.1) is 0 Å². The molecule has 0 aliphatic heterocycles. The molecular weight excluding hydrogens is 379 g/mol. The van der Waals surface area contributed by atoms with Crippen molar-refractivity contribution in [3.8, 4) is 6.07 Å². The first-order valence-corrected chi connectivity index (χ1v) is 9.51. The summed E-state index contributed by atoms with van der Waals surface area (Å²) in [7, 11) is 1.53. The average molecular weight is 400 g/mol. The Morgan fingerprint density at radius 1 is 1.21 bits per heavy atom. The van der Waals surface area contributed by atoms with Gasteiger partial charge in [-0.3, -0.25) is 9.59 Å². The summed E-state index contributed by atoms with van der Waals surface area (Å²) in [6, 6.07) is 7.53. The van der Waals surface area contributed by atoms with Gasteiger partial charge in [-0.2, -0.15) is 5.26 Å². The van der Waals surface area contributed by atoms with E-state index in [-0.39, 0.29) is 24.1 Å². The number of nitrogens with one attached hydrogen (secondary N) is 1. The Morgan fingerprint density at radius 2 is 1.86 bits per heavy atom. The summed E-state index contributed by atoms with van der Waals surface area (Å²) in [6.07, 6.45) is 0. The Hall–Kier alpha value is -2.92. The number of hydrogen-bond acceptors (Lipinski definition) is 5. The highest BCUT2D eigenvalue weighted by atomic mass is 32.2. The number of likely N-dealkylation sites (N-methyl/N-ethyl adjacent to an activating group) is 1. The lowest BCUT2D eigenvalue weighted by atomic mass is 10.1. The molecule has 2 aromatic rings. The van der Waals surface area contributed by atoms with E-state index in [4.69, 9.17) is 0 Å². The molecule has 0 aliphatic rings. The summed E-state index contributed by atoms with van der Waals surface area (Å²) in [5, 5.41) is 12.5. The van der Waals surface area contributed by atoms with Crippen LogP contribution in [0.2, 0.25) is 0 Å². The van der Waals surface area contributed by atoms with Crippen molar-refractivity contribution in [2.24, 2.45) is 0 Å². The van der Waals surface area contributed by atoms with Crippen molar-refractivity contribution in [2.45, 2.75) is 25.8 Å². The molecule has 2 rings (SSSR count). The molecule has 0 spiro atoms. The predicted molar refractivity (Wildman–Crippen MR) is 107 cm³/mol. The number of aryl methyl sites for hydroxylation is 1. The van der Waals surface area contributed by atoms with Gasteiger partial charge in [0.05, 0.1) is 17.9 Å². The first-order chi connectivity index (χ1) is 13.2. The quantitative estimate of drug-likeness (QED) is 0.753. The number of rotatable bonds is 6. The van der Waals surface area contributed by atoms with E-state index in [0.717, 1.165) is 16.8 Å². The third kappa shape index (κ3) is 5.30. The van der Waals surface area contributed by atoms with Gasteiger partial charge >= 0.3 is 0 Å². The summed E-state index contributed by atoms with van der Waals surface area (Å²) < 4.78 is 12.9. The molecule has 0 saturated heterocycles. The van der Waals surface area contributed by atoms with Crippen LogP contribution in [0.3, 0.4) is 0 Å². The number of hydrogen-bond donors (Lipinski definition) is 1. The van der Waals surface area contributed by atoms with Gasteiger partial charge in [0, 0.05) is 18.4 Å².